The Hall–Kier alpha value is -3.15. The molecule has 6 heteroatoms. The lowest BCUT2D eigenvalue weighted by Gasteiger charge is -2.18. The molecular formula is C69H122O6. The number of ether oxygens (including phenoxy) is 3. The molecule has 0 N–H and O–H groups in total. The molecule has 0 aliphatic rings. The van der Waals surface area contributed by atoms with Crippen molar-refractivity contribution in [3.63, 3.8) is 0 Å². The average molecular weight is 1050 g/mol. The highest BCUT2D eigenvalue weighted by molar-refractivity contribution is 5.71. The number of allylic oxidation sites excluding steroid dienone is 12. The molecule has 0 heterocycles. The molecule has 434 valence electrons. The van der Waals surface area contributed by atoms with Crippen LogP contribution in [0.3, 0.4) is 0 Å². The lowest BCUT2D eigenvalue weighted by molar-refractivity contribution is -0.167. The molecule has 0 aromatic carbocycles. The highest BCUT2D eigenvalue weighted by atomic mass is 16.6. The van der Waals surface area contributed by atoms with Crippen molar-refractivity contribution in [3.05, 3.63) is 72.9 Å². The van der Waals surface area contributed by atoms with E-state index in [-0.39, 0.29) is 31.1 Å². The fourth-order valence-corrected chi connectivity index (χ4v) is 9.34. The first kappa shape index (κ1) is 71.8. The Morgan fingerprint density at radius 2 is 0.533 bits per heavy atom. The number of unbranched alkanes of at least 4 members (excludes halogenated alkanes) is 36. The van der Waals surface area contributed by atoms with Crippen molar-refractivity contribution in [1.82, 2.24) is 0 Å². The third kappa shape index (κ3) is 61.6. The molecule has 0 aromatic rings. The van der Waals surface area contributed by atoms with Gasteiger partial charge < -0.3 is 14.2 Å². The predicted octanol–water partition coefficient (Wildman–Crippen LogP) is 22.1. The summed E-state index contributed by atoms with van der Waals surface area (Å²) in [4.78, 5) is 38.3. The van der Waals surface area contributed by atoms with Gasteiger partial charge in [-0.1, -0.05) is 299 Å². The molecule has 0 spiro atoms. The summed E-state index contributed by atoms with van der Waals surface area (Å²) in [6, 6.07) is 0. The van der Waals surface area contributed by atoms with Crippen LogP contribution >= 0.6 is 0 Å². The van der Waals surface area contributed by atoms with Gasteiger partial charge in [0.25, 0.3) is 0 Å². The second kappa shape index (κ2) is 63.4. The van der Waals surface area contributed by atoms with Crippen molar-refractivity contribution in [1.29, 1.82) is 0 Å². The van der Waals surface area contributed by atoms with Crippen LogP contribution in [0, 0.1) is 0 Å². The van der Waals surface area contributed by atoms with Gasteiger partial charge >= 0.3 is 17.9 Å². The minimum absolute atomic E-state index is 0.0833. The van der Waals surface area contributed by atoms with Crippen molar-refractivity contribution in [3.8, 4) is 0 Å². The zero-order chi connectivity index (χ0) is 54.3. The van der Waals surface area contributed by atoms with E-state index in [1.165, 1.54) is 173 Å². The maximum absolute atomic E-state index is 12.9. The average Bonchev–Trinajstić information content (AvgIpc) is 3.41. The number of carbonyl (C=O) groups excluding carboxylic acids is 3. The first-order valence-electron chi connectivity index (χ1n) is 32.4. The number of rotatable bonds is 59. The van der Waals surface area contributed by atoms with Crippen LogP contribution in [-0.2, 0) is 28.6 Å². The quantitative estimate of drug-likeness (QED) is 0.0261. The molecule has 0 saturated carbocycles. The van der Waals surface area contributed by atoms with Crippen LogP contribution in [0.4, 0.5) is 0 Å². The fraction of sp³-hybridized carbons (Fsp3) is 0.783. The van der Waals surface area contributed by atoms with Crippen molar-refractivity contribution in [2.75, 3.05) is 13.2 Å². The molecule has 0 radical (unpaired) electrons. The highest BCUT2D eigenvalue weighted by Crippen LogP contribution is 2.17. The Bertz CT molecular complexity index is 1390. The van der Waals surface area contributed by atoms with Crippen LogP contribution in [0.1, 0.15) is 329 Å². The molecule has 1 atom stereocenters. The van der Waals surface area contributed by atoms with Gasteiger partial charge in [-0.05, 0) is 83.5 Å². The largest absolute Gasteiger partial charge is 0.462 e. The molecule has 0 aliphatic carbocycles. The van der Waals surface area contributed by atoms with Gasteiger partial charge in [0.15, 0.2) is 6.10 Å². The zero-order valence-corrected chi connectivity index (χ0v) is 49.8. The number of esters is 3. The number of hydrogen-bond acceptors (Lipinski definition) is 6. The molecular weight excluding hydrogens is 925 g/mol. The molecule has 0 aliphatic heterocycles. The highest BCUT2D eigenvalue weighted by Gasteiger charge is 2.19. The van der Waals surface area contributed by atoms with E-state index in [9.17, 15) is 14.4 Å². The van der Waals surface area contributed by atoms with E-state index in [0.29, 0.717) is 19.3 Å². The van der Waals surface area contributed by atoms with Gasteiger partial charge in [0, 0.05) is 19.3 Å². The molecule has 0 amide bonds. The molecule has 0 bridgehead atoms. The van der Waals surface area contributed by atoms with E-state index in [1.54, 1.807) is 0 Å². The van der Waals surface area contributed by atoms with Gasteiger partial charge in [-0.3, -0.25) is 14.4 Å². The zero-order valence-electron chi connectivity index (χ0n) is 49.8. The Labute approximate surface area is 465 Å². The van der Waals surface area contributed by atoms with Gasteiger partial charge in [0.05, 0.1) is 0 Å². The summed E-state index contributed by atoms with van der Waals surface area (Å²) in [5.74, 6) is -0.898. The van der Waals surface area contributed by atoms with Gasteiger partial charge in [0.1, 0.15) is 13.2 Å². The first-order chi connectivity index (χ1) is 37.0. The van der Waals surface area contributed by atoms with Crippen molar-refractivity contribution in [2.24, 2.45) is 0 Å². The maximum Gasteiger partial charge on any atom is 0.306 e. The maximum atomic E-state index is 12.9. The Kier molecular flexibility index (Phi) is 60.7. The Morgan fingerprint density at radius 1 is 0.280 bits per heavy atom. The van der Waals surface area contributed by atoms with Gasteiger partial charge in [-0.25, -0.2) is 0 Å². The van der Waals surface area contributed by atoms with Gasteiger partial charge in [0.2, 0.25) is 0 Å². The molecule has 75 heavy (non-hydrogen) atoms. The van der Waals surface area contributed by atoms with Crippen LogP contribution in [0.5, 0.6) is 0 Å². The minimum atomic E-state index is -0.789. The third-order valence-corrected chi connectivity index (χ3v) is 14.2. The summed E-state index contributed by atoms with van der Waals surface area (Å²) in [7, 11) is 0. The first-order valence-corrected chi connectivity index (χ1v) is 32.4. The SMILES string of the molecule is CC/C=C\C/C=C\C/C=C\C/C=C\C/C=C\CCCCCCCC(=O)OC(COC(=O)CCCCCCC/C=C\CCCC)COC(=O)CCCCCCCCCCCCCCCCCCCCCCCCCCC. The summed E-state index contributed by atoms with van der Waals surface area (Å²) in [6.45, 7) is 6.51. The van der Waals surface area contributed by atoms with Crippen LogP contribution in [-0.4, -0.2) is 37.2 Å². The normalized spacial score (nSPS) is 12.5. The fourth-order valence-electron chi connectivity index (χ4n) is 9.34. The smallest absolute Gasteiger partial charge is 0.306 e. The lowest BCUT2D eigenvalue weighted by atomic mass is 10.0. The Balaban J connectivity index is 4.26. The molecule has 1 unspecified atom stereocenters. The van der Waals surface area contributed by atoms with Crippen LogP contribution in [0.25, 0.3) is 0 Å². The van der Waals surface area contributed by atoms with Gasteiger partial charge in [-0.2, -0.15) is 0 Å². The monoisotopic (exact) mass is 1050 g/mol. The number of carbonyl (C=O) groups is 3. The van der Waals surface area contributed by atoms with E-state index >= 15 is 0 Å². The molecule has 0 fully saturated rings. The number of hydrogen-bond donors (Lipinski definition) is 0. The van der Waals surface area contributed by atoms with Crippen LogP contribution in [0.2, 0.25) is 0 Å². The van der Waals surface area contributed by atoms with E-state index in [2.05, 4.69) is 93.7 Å². The summed E-state index contributed by atoms with van der Waals surface area (Å²) < 4.78 is 16.9. The van der Waals surface area contributed by atoms with E-state index in [0.717, 1.165) is 116 Å². The summed E-state index contributed by atoms with van der Waals surface area (Å²) in [5, 5.41) is 0. The van der Waals surface area contributed by atoms with Crippen LogP contribution < -0.4 is 0 Å². The summed E-state index contributed by atoms with van der Waals surface area (Å²) in [6.07, 6.45) is 82.1. The van der Waals surface area contributed by atoms with E-state index < -0.39 is 6.10 Å². The van der Waals surface area contributed by atoms with Crippen molar-refractivity contribution >= 4 is 17.9 Å². The second-order valence-electron chi connectivity index (χ2n) is 21.6. The molecule has 0 saturated heterocycles. The topological polar surface area (TPSA) is 78.9 Å². The minimum Gasteiger partial charge on any atom is -0.462 e. The Morgan fingerprint density at radius 3 is 0.867 bits per heavy atom. The molecule has 6 nitrogen and oxygen atoms in total. The predicted molar refractivity (Wildman–Crippen MR) is 325 cm³/mol. The van der Waals surface area contributed by atoms with Crippen LogP contribution in [0.15, 0.2) is 72.9 Å². The standard InChI is InChI=1S/C69H122O6/c1-4-7-10-13-16-19-22-24-26-28-30-32-33-34-35-37-38-40-42-44-47-50-53-56-59-62-68(71)74-65-66(64-73-67(70)61-58-55-52-49-46-21-18-15-12-9-6-3)75-69(72)63-60-57-54-51-48-45-43-41-39-36-31-29-27-25-23-20-17-14-11-8-5-2/h8,11,15,17-18,20,25,27,31,36,41,43,66H,4-7,9-10,12-14,16,19,21-24,26,28-30,32-35,37-40,42,44-65H2,1-3H3/b11-8-,18-15-,20-17-,27-25-,36-31-,43-41-. The molecule has 0 aromatic heterocycles. The van der Waals surface area contributed by atoms with Crippen molar-refractivity contribution in [2.45, 2.75) is 335 Å². The van der Waals surface area contributed by atoms with E-state index in [4.69, 9.17) is 14.2 Å². The van der Waals surface area contributed by atoms with Crippen molar-refractivity contribution < 1.29 is 28.6 Å². The summed E-state index contributed by atoms with van der Waals surface area (Å²) in [5.41, 5.74) is 0. The lowest BCUT2D eigenvalue weighted by Crippen LogP contribution is -2.30. The summed E-state index contributed by atoms with van der Waals surface area (Å²) >= 11 is 0. The van der Waals surface area contributed by atoms with Gasteiger partial charge in [-0.15, -0.1) is 0 Å². The van der Waals surface area contributed by atoms with E-state index in [1.807, 2.05) is 0 Å². The second-order valence-corrected chi connectivity index (χ2v) is 21.6. The third-order valence-electron chi connectivity index (χ3n) is 14.2. The molecule has 0 rings (SSSR count).